The van der Waals surface area contributed by atoms with Crippen LogP contribution >= 0.6 is 11.3 Å². The molecule has 1 aromatic rings. The lowest BCUT2D eigenvalue weighted by atomic mass is 10.4. The predicted octanol–water partition coefficient (Wildman–Crippen LogP) is 1.56. The van der Waals surface area contributed by atoms with Crippen LogP contribution in [0.25, 0.3) is 0 Å². The molecule has 0 aliphatic heterocycles. The van der Waals surface area contributed by atoms with Crippen LogP contribution < -0.4 is 5.32 Å². The SMILES string of the molecule is CCc1ncc(CNC(C)CS(C)=O)s1. The zero-order valence-electron chi connectivity index (χ0n) is 9.45. The Hall–Kier alpha value is -0.260. The van der Waals surface area contributed by atoms with Crippen LogP contribution in [0.4, 0.5) is 0 Å². The second-order valence-corrected chi connectivity index (χ2v) is 6.28. The number of hydrogen-bond acceptors (Lipinski definition) is 4. The molecule has 2 unspecified atom stereocenters. The number of rotatable bonds is 6. The summed E-state index contributed by atoms with van der Waals surface area (Å²) in [5.41, 5.74) is 0. The van der Waals surface area contributed by atoms with E-state index in [-0.39, 0.29) is 0 Å². The molecule has 1 heterocycles. The molecule has 1 rings (SSSR count). The van der Waals surface area contributed by atoms with Crippen LogP contribution in [0, 0.1) is 0 Å². The summed E-state index contributed by atoms with van der Waals surface area (Å²) in [6, 6.07) is 0.294. The lowest BCUT2D eigenvalue weighted by Gasteiger charge is -2.10. The van der Waals surface area contributed by atoms with Crippen molar-refractivity contribution in [3.63, 3.8) is 0 Å². The fourth-order valence-corrected chi connectivity index (χ4v) is 2.91. The quantitative estimate of drug-likeness (QED) is 0.828. The zero-order valence-corrected chi connectivity index (χ0v) is 11.1. The van der Waals surface area contributed by atoms with Crippen molar-refractivity contribution in [2.24, 2.45) is 0 Å². The highest BCUT2D eigenvalue weighted by Crippen LogP contribution is 2.12. The topological polar surface area (TPSA) is 42.0 Å². The van der Waals surface area contributed by atoms with Crippen LogP contribution in [-0.2, 0) is 23.8 Å². The minimum absolute atomic E-state index is 0.294. The van der Waals surface area contributed by atoms with Gasteiger partial charge in [-0.15, -0.1) is 11.3 Å². The molecule has 1 aromatic heterocycles. The Bertz CT molecular complexity index is 325. The first-order chi connectivity index (χ1) is 7.11. The van der Waals surface area contributed by atoms with Crippen LogP contribution in [0.2, 0.25) is 0 Å². The van der Waals surface area contributed by atoms with E-state index in [2.05, 4.69) is 24.1 Å². The van der Waals surface area contributed by atoms with E-state index < -0.39 is 10.8 Å². The smallest absolute Gasteiger partial charge is 0.0925 e. The number of thiazole rings is 1. The summed E-state index contributed by atoms with van der Waals surface area (Å²) >= 11 is 1.74. The van der Waals surface area contributed by atoms with Gasteiger partial charge in [-0.2, -0.15) is 0 Å². The van der Waals surface area contributed by atoms with E-state index in [9.17, 15) is 4.21 Å². The van der Waals surface area contributed by atoms with E-state index in [1.54, 1.807) is 17.6 Å². The minimum Gasteiger partial charge on any atom is -0.308 e. The average Bonchev–Trinajstić information content (AvgIpc) is 2.61. The average molecular weight is 246 g/mol. The van der Waals surface area contributed by atoms with E-state index in [1.807, 2.05) is 6.20 Å². The molecule has 0 saturated carbocycles. The van der Waals surface area contributed by atoms with Gasteiger partial charge >= 0.3 is 0 Å². The highest BCUT2D eigenvalue weighted by Gasteiger charge is 2.05. The van der Waals surface area contributed by atoms with Crippen molar-refractivity contribution < 1.29 is 4.21 Å². The Morgan fingerprint density at radius 2 is 2.40 bits per heavy atom. The van der Waals surface area contributed by atoms with Crippen LogP contribution in [0.15, 0.2) is 6.20 Å². The molecule has 0 amide bonds. The maximum Gasteiger partial charge on any atom is 0.0925 e. The van der Waals surface area contributed by atoms with E-state index >= 15 is 0 Å². The molecule has 3 nitrogen and oxygen atoms in total. The summed E-state index contributed by atoms with van der Waals surface area (Å²) < 4.78 is 11.0. The van der Waals surface area contributed by atoms with E-state index in [0.29, 0.717) is 11.8 Å². The van der Waals surface area contributed by atoms with Gasteiger partial charge in [0.15, 0.2) is 0 Å². The molecule has 2 atom stereocenters. The number of hydrogen-bond donors (Lipinski definition) is 1. The van der Waals surface area contributed by atoms with Gasteiger partial charge in [0.25, 0.3) is 0 Å². The molecule has 0 aromatic carbocycles. The van der Waals surface area contributed by atoms with Crippen molar-refractivity contribution in [2.75, 3.05) is 12.0 Å². The predicted molar refractivity (Wildman–Crippen MR) is 66.7 cm³/mol. The van der Waals surface area contributed by atoms with E-state index in [0.717, 1.165) is 13.0 Å². The van der Waals surface area contributed by atoms with Gasteiger partial charge in [-0.25, -0.2) is 4.98 Å². The molecule has 0 aliphatic rings. The van der Waals surface area contributed by atoms with Gasteiger partial charge in [-0.3, -0.25) is 4.21 Å². The molecule has 1 N–H and O–H groups in total. The molecule has 0 radical (unpaired) electrons. The van der Waals surface area contributed by atoms with Crippen molar-refractivity contribution in [2.45, 2.75) is 32.9 Å². The lowest BCUT2D eigenvalue weighted by Crippen LogP contribution is -2.30. The fourth-order valence-electron chi connectivity index (χ4n) is 1.28. The van der Waals surface area contributed by atoms with Crippen LogP contribution in [-0.4, -0.2) is 27.2 Å². The molecule has 0 spiro atoms. The largest absolute Gasteiger partial charge is 0.308 e. The summed E-state index contributed by atoms with van der Waals surface area (Å²) in [6.45, 7) is 5.00. The van der Waals surface area contributed by atoms with Crippen molar-refractivity contribution in [1.29, 1.82) is 0 Å². The van der Waals surface area contributed by atoms with Gasteiger partial charge < -0.3 is 5.32 Å². The number of aryl methyl sites for hydroxylation is 1. The van der Waals surface area contributed by atoms with Crippen molar-refractivity contribution in [3.8, 4) is 0 Å². The van der Waals surface area contributed by atoms with Gasteiger partial charge in [-0.1, -0.05) is 6.92 Å². The fraction of sp³-hybridized carbons (Fsp3) is 0.700. The summed E-state index contributed by atoms with van der Waals surface area (Å²) in [5, 5.41) is 4.52. The van der Waals surface area contributed by atoms with E-state index in [4.69, 9.17) is 0 Å². The third-order valence-electron chi connectivity index (χ3n) is 2.01. The summed E-state index contributed by atoms with van der Waals surface area (Å²) in [7, 11) is -0.725. The van der Waals surface area contributed by atoms with E-state index in [1.165, 1.54) is 9.88 Å². The highest BCUT2D eigenvalue weighted by atomic mass is 32.2. The second kappa shape index (κ2) is 6.35. The van der Waals surface area contributed by atoms with Crippen molar-refractivity contribution in [3.05, 3.63) is 16.1 Å². The molecule has 0 fully saturated rings. The summed E-state index contributed by atoms with van der Waals surface area (Å²) in [4.78, 5) is 5.54. The van der Waals surface area contributed by atoms with Crippen molar-refractivity contribution in [1.82, 2.24) is 10.3 Å². The number of nitrogens with one attached hydrogen (secondary N) is 1. The monoisotopic (exact) mass is 246 g/mol. The second-order valence-electron chi connectivity index (χ2n) is 3.60. The van der Waals surface area contributed by atoms with Crippen LogP contribution in [0.1, 0.15) is 23.7 Å². The Morgan fingerprint density at radius 3 is 2.93 bits per heavy atom. The lowest BCUT2D eigenvalue weighted by molar-refractivity contribution is 0.591. The van der Waals surface area contributed by atoms with Gasteiger partial charge in [0.2, 0.25) is 0 Å². The zero-order chi connectivity index (χ0) is 11.3. The number of nitrogens with zero attached hydrogens (tertiary/aromatic N) is 1. The van der Waals surface area contributed by atoms with Gasteiger partial charge in [0.1, 0.15) is 0 Å². The van der Waals surface area contributed by atoms with Gasteiger partial charge in [-0.05, 0) is 13.3 Å². The Labute approximate surface area is 97.8 Å². The Balaban J connectivity index is 2.33. The molecule has 86 valence electrons. The summed E-state index contributed by atoms with van der Waals surface area (Å²) in [5.74, 6) is 0.708. The molecular weight excluding hydrogens is 228 g/mol. The molecule has 0 saturated heterocycles. The minimum atomic E-state index is -0.725. The van der Waals surface area contributed by atoms with Crippen molar-refractivity contribution >= 4 is 22.1 Å². The number of aromatic nitrogens is 1. The molecule has 0 aliphatic carbocycles. The maximum atomic E-state index is 11.0. The molecule has 0 bridgehead atoms. The highest BCUT2D eigenvalue weighted by molar-refractivity contribution is 7.84. The maximum absolute atomic E-state index is 11.0. The van der Waals surface area contributed by atoms with Gasteiger partial charge in [0.05, 0.1) is 5.01 Å². The molecular formula is C10H18N2OS2. The molecule has 15 heavy (non-hydrogen) atoms. The van der Waals surface area contributed by atoms with Crippen LogP contribution in [0.5, 0.6) is 0 Å². The first-order valence-electron chi connectivity index (χ1n) is 5.08. The normalized spacial score (nSPS) is 15.1. The summed E-state index contributed by atoms with van der Waals surface area (Å²) in [6.07, 6.45) is 4.66. The molecule has 5 heteroatoms. The third kappa shape index (κ3) is 4.86. The van der Waals surface area contributed by atoms with Crippen LogP contribution in [0.3, 0.4) is 0 Å². The third-order valence-corrected chi connectivity index (χ3v) is 4.12. The Kier molecular flexibility index (Phi) is 5.42. The standard InChI is InChI=1S/C10H18N2OS2/c1-4-10-12-6-9(14-10)5-11-8(2)7-15(3)13/h6,8,11H,4-5,7H2,1-3H3. The first kappa shape index (κ1) is 12.8. The Morgan fingerprint density at radius 1 is 1.67 bits per heavy atom. The first-order valence-corrected chi connectivity index (χ1v) is 7.63. The van der Waals surface area contributed by atoms with Gasteiger partial charge in [0, 0.05) is 46.5 Å².